The van der Waals surface area contributed by atoms with Crippen molar-refractivity contribution in [3.05, 3.63) is 74.9 Å². The zero-order valence-electron chi connectivity index (χ0n) is 18.1. The third kappa shape index (κ3) is 4.30. The number of halogens is 2. The zero-order chi connectivity index (χ0) is 22.9. The molecule has 1 atom stereocenters. The molecule has 0 aliphatic heterocycles. The van der Waals surface area contributed by atoms with Crippen LogP contribution in [-0.2, 0) is 16.0 Å². The molecule has 3 aromatic rings. The number of rotatable bonds is 3. The maximum atomic E-state index is 13.4. The number of hydrogen-bond donors (Lipinski definition) is 0. The Labute approximate surface area is 202 Å². The van der Waals surface area contributed by atoms with Crippen LogP contribution in [-0.4, -0.2) is 22.8 Å². The maximum absolute atomic E-state index is 13.4. The second kappa shape index (κ2) is 9.28. The standard InChI is InChI=1S/C27H23Cl2NO3/c28-20-11-6-7-16(25(20)29)15-17-8-5-10-19-24(18-9-1-2-12-21(18)30-26(17)19)27(32)33-23-14-4-3-13-22(23)31/h1-2,6-7,9,11-12,15,23H,3-5,8,10,13-14H2. The van der Waals surface area contributed by atoms with Crippen molar-refractivity contribution in [1.82, 2.24) is 4.98 Å². The van der Waals surface area contributed by atoms with Gasteiger partial charge in [0, 0.05) is 11.8 Å². The van der Waals surface area contributed by atoms with Crippen molar-refractivity contribution in [1.29, 1.82) is 0 Å². The number of carbonyl (C=O) groups is 2. The number of esters is 1. The Morgan fingerprint density at radius 2 is 1.85 bits per heavy atom. The van der Waals surface area contributed by atoms with Gasteiger partial charge in [0.1, 0.15) is 0 Å². The van der Waals surface area contributed by atoms with Crippen LogP contribution in [0.2, 0.25) is 10.0 Å². The summed E-state index contributed by atoms with van der Waals surface area (Å²) in [6.45, 7) is 0. The molecule has 0 N–H and O–H groups in total. The molecule has 0 spiro atoms. The number of allylic oxidation sites excluding steroid dienone is 1. The van der Waals surface area contributed by atoms with Gasteiger partial charge in [-0.2, -0.15) is 0 Å². The number of pyridine rings is 1. The Bertz CT molecular complexity index is 1300. The first kappa shape index (κ1) is 22.1. The van der Waals surface area contributed by atoms with Gasteiger partial charge in [0.2, 0.25) is 0 Å². The molecule has 2 aliphatic rings. The van der Waals surface area contributed by atoms with Crippen LogP contribution in [0.25, 0.3) is 22.6 Å². The van der Waals surface area contributed by atoms with Crippen LogP contribution in [0.3, 0.4) is 0 Å². The van der Waals surface area contributed by atoms with Crippen LogP contribution < -0.4 is 0 Å². The molecule has 0 saturated heterocycles. The van der Waals surface area contributed by atoms with Crippen molar-refractivity contribution in [3.8, 4) is 0 Å². The van der Waals surface area contributed by atoms with Crippen LogP contribution in [0.1, 0.15) is 65.7 Å². The molecule has 1 heterocycles. The van der Waals surface area contributed by atoms with Crippen LogP contribution in [0.15, 0.2) is 42.5 Å². The van der Waals surface area contributed by atoms with E-state index in [4.69, 9.17) is 32.9 Å². The van der Waals surface area contributed by atoms with Crippen LogP contribution in [0.4, 0.5) is 0 Å². The van der Waals surface area contributed by atoms with E-state index in [0.29, 0.717) is 28.5 Å². The fourth-order valence-corrected chi connectivity index (χ4v) is 5.15. The average Bonchev–Trinajstić information content (AvgIpc) is 2.82. The van der Waals surface area contributed by atoms with Crippen LogP contribution in [0, 0.1) is 0 Å². The summed E-state index contributed by atoms with van der Waals surface area (Å²) in [4.78, 5) is 30.7. The summed E-state index contributed by atoms with van der Waals surface area (Å²) in [6, 6.07) is 13.1. The molecule has 1 fully saturated rings. The lowest BCUT2D eigenvalue weighted by atomic mass is 9.86. The van der Waals surface area contributed by atoms with Crippen LogP contribution in [0.5, 0.6) is 0 Å². The number of fused-ring (bicyclic) bond motifs is 2. The SMILES string of the molecule is O=C(OC1CCCCC1=O)c1c2c(nc3ccccc13)C(=Cc1cccc(Cl)c1Cl)CCC2. The molecule has 1 saturated carbocycles. The Balaban J connectivity index is 1.63. The summed E-state index contributed by atoms with van der Waals surface area (Å²) in [5, 5.41) is 1.75. The number of ether oxygens (including phenoxy) is 1. The Morgan fingerprint density at radius 1 is 1.00 bits per heavy atom. The molecular formula is C27H23Cl2NO3. The third-order valence-corrected chi connectivity index (χ3v) is 7.27. The average molecular weight is 480 g/mol. The summed E-state index contributed by atoms with van der Waals surface area (Å²) >= 11 is 12.7. The predicted octanol–water partition coefficient (Wildman–Crippen LogP) is 7.09. The summed E-state index contributed by atoms with van der Waals surface area (Å²) in [7, 11) is 0. The molecule has 2 aromatic carbocycles. The summed E-state index contributed by atoms with van der Waals surface area (Å²) in [6.07, 6.45) is 6.58. The Morgan fingerprint density at radius 3 is 2.70 bits per heavy atom. The van der Waals surface area contributed by atoms with Gasteiger partial charge in [0.25, 0.3) is 0 Å². The molecule has 0 bridgehead atoms. The highest BCUT2D eigenvalue weighted by Gasteiger charge is 2.30. The number of para-hydroxylation sites is 1. The van der Waals surface area contributed by atoms with Gasteiger partial charge >= 0.3 is 5.97 Å². The van der Waals surface area contributed by atoms with Crippen molar-refractivity contribution in [3.63, 3.8) is 0 Å². The molecule has 6 heteroatoms. The van der Waals surface area contributed by atoms with Crippen LogP contribution >= 0.6 is 23.2 Å². The normalized spacial score (nSPS) is 19.5. The predicted molar refractivity (Wildman–Crippen MR) is 132 cm³/mol. The number of ketones is 1. The number of carbonyl (C=O) groups excluding carboxylic acids is 2. The van der Waals surface area contributed by atoms with E-state index in [1.54, 1.807) is 6.07 Å². The van der Waals surface area contributed by atoms with Gasteiger partial charge in [-0.25, -0.2) is 9.78 Å². The first-order valence-corrected chi connectivity index (χ1v) is 12.1. The highest BCUT2D eigenvalue weighted by Crippen LogP contribution is 2.38. The van der Waals surface area contributed by atoms with E-state index < -0.39 is 12.1 Å². The smallest absolute Gasteiger partial charge is 0.339 e. The van der Waals surface area contributed by atoms with E-state index >= 15 is 0 Å². The summed E-state index contributed by atoms with van der Waals surface area (Å²) < 4.78 is 5.78. The summed E-state index contributed by atoms with van der Waals surface area (Å²) in [5.41, 5.74) is 4.74. The lowest BCUT2D eigenvalue weighted by Crippen LogP contribution is -2.30. The molecule has 0 radical (unpaired) electrons. The molecule has 1 unspecified atom stereocenters. The molecule has 5 rings (SSSR count). The van der Waals surface area contributed by atoms with Crippen molar-refractivity contribution < 1.29 is 14.3 Å². The van der Waals surface area contributed by atoms with E-state index in [0.717, 1.165) is 65.4 Å². The fraction of sp³-hybridized carbons (Fsp3) is 0.296. The Hall–Kier alpha value is -2.69. The van der Waals surface area contributed by atoms with Crippen molar-refractivity contribution in [2.75, 3.05) is 0 Å². The van der Waals surface area contributed by atoms with E-state index in [1.165, 1.54) is 0 Å². The first-order valence-electron chi connectivity index (χ1n) is 11.3. The number of nitrogens with zero attached hydrogens (tertiary/aromatic N) is 1. The number of aromatic nitrogens is 1. The number of hydrogen-bond acceptors (Lipinski definition) is 4. The van der Waals surface area contributed by atoms with Gasteiger partial charge in [-0.1, -0.05) is 53.5 Å². The second-order valence-corrected chi connectivity index (χ2v) is 9.39. The first-order chi connectivity index (χ1) is 16.0. The van der Waals surface area contributed by atoms with E-state index in [1.807, 2.05) is 42.5 Å². The minimum absolute atomic E-state index is 0.0120. The molecule has 33 heavy (non-hydrogen) atoms. The van der Waals surface area contributed by atoms with Crippen molar-refractivity contribution in [2.45, 2.75) is 51.0 Å². The van der Waals surface area contributed by atoms with Gasteiger partial charge in [0.05, 0.1) is 26.8 Å². The molecule has 4 nitrogen and oxygen atoms in total. The highest BCUT2D eigenvalue weighted by molar-refractivity contribution is 6.43. The van der Waals surface area contributed by atoms with E-state index in [9.17, 15) is 9.59 Å². The monoisotopic (exact) mass is 479 g/mol. The van der Waals surface area contributed by atoms with Crippen molar-refractivity contribution >= 4 is 57.5 Å². The molecule has 1 aromatic heterocycles. The second-order valence-electron chi connectivity index (χ2n) is 8.60. The van der Waals surface area contributed by atoms with Crippen molar-refractivity contribution in [2.24, 2.45) is 0 Å². The molecule has 168 valence electrons. The van der Waals surface area contributed by atoms with Gasteiger partial charge in [0.15, 0.2) is 11.9 Å². The minimum Gasteiger partial charge on any atom is -0.451 e. The quantitative estimate of drug-likeness (QED) is 0.376. The lowest BCUT2D eigenvalue weighted by Gasteiger charge is -2.25. The fourth-order valence-electron chi connectivity index (χ4n) is 4.79. The number of benzene rings is 2. The minimum atomic E-state index is -0.655. The maximum Gasteiger partial charge on any atom is 0.339 e. The van der Waals surface area contributed by atoms with Gasteiger partial charge in [-0.3, -0.25) is 4.79 Å². The lowest BCUT2D eigenvalue weighted by molar-refractivity contribution is -0.129. The van der Waals surface area contributed by atoms with E-state index in [-0.39, 0.29) is 5.78 Å². The topological polar surface area (TPSA) is 56.3 Å². The Kier molecular flexibility index (Phi) is 6.22. The molecule has 2 aliphatic carbocycles. The van der Waals surface area contributed by atoms with Gasteiger partial charge in [-0.15, -0.1) is 0 Å². The largest absolute Gasteiger partial charge is 0.451 e. The van der Waals surface area contributed by atoms with Gasteiger partial charge in [-0.05, 0) is 73.4 Å². The zero-order valence-corrected chi connectivity index (χ0v) is 19.6. The number of Topliss-reactive ketones (excluding diaryl/α,β-unsaturated/α-hetero) is 1. The molecule has 0 amide bonds. The van der Waals surface area contributed by atoms with E-state index in [2.05, 4.69) is 0 Å². The van der Waals surface area contributed by atoms with Gasteiger partial charge < -0.3 is 4.74 Å². The summed E-state index contributed by atoms with van der Waals surface area (Å²) in [5.74, 6) is -0.426. The highest BCUT2D eigenvalue weighted by atomic mass is 35.5. The third-order valence-electron chi connectivity index (χ3n) is 6.43. The molecular weight excluding hydrogens is 457 g/mol.